The van der Waals surface area contributed by atoms with E-state index < -0.39 is 15.6 Å². The Balaban J connectivity index is 2.24. The molecule has 0 amide bonds. The highest BCUT2D eigenvalue weighted by Crippen LogP contribution is 2.48. The van der Waals surface area contributed by atoms with E-state index in [1.165, 1.54) is 12.1 Å². The molecule has 0 unspecified atom stereocenters. The number of halogens is 2. The predicted molar refractivity (Wildman–Crippen MR) is 106 cm³/mol. The first-order valence-electron chi connectivity index (χ1n) is 7.96. The van der Waals surface area contributed by atoms with E-state index in [0.717, 1.165) is 33.0 Å². The maximum atomic E-state index is 13.4. The van der Waals surface area contributed by atoms with Gasteiger partial charge in [-0.05, 0) is 50.1 Å². The van der Waals surface area contributed by atoms with Gasteiger partial charge >= 0.3 is 0 Å². The average Bonchev–Trinajstić information content (AvgIpc) is 2.48. The Morgan fingerprint density at radius 1 is 1.15 bits per heavy atom. The summed E-state index contributed by atoms with van der Waals surface area (Å²) in [5.41, 5.74) is 3.23. The molecule has 26 heavy (non-hydrogen) atoms. The molecule has 0 aliphatic carbocycles. The summed E-state index contributed by atoms with van der Waals surface area (Å²) < 4.78 is 46.0. The maximum absolute atomic E-state index is 13.4. The second-order valence-electron chi connectivity index (χ2n) is 6.85. The van der Waals surface area contributed by atoms with Crippen molar-refractivity contribution < 1.29 is 17.5 Å². The molecule has 0 saturated carbocycles. The molecule has 4 nitrogen and oxygen atoms in total. The number of nitrogens with one attached hydrogen (secondary N) is 1. The van der Waals surface area contributed by atoms with Gasteiger partial charge in [-0.15, -0.1) is 0 Å². The third-order valence-corrected chi connectivity index (χ3v) is 6.06. The Bertz CT molecular complexity index is 1010. The van der Waals surface area contributed by atoms with Gasteiger partial charge in [0.1, 0.15) is 17.2 Å². The topological polar surface area (TPSA) is 55.4 Å². The van der Waals surface area contributed by atoms with E-state index in [2.05, 4.69) is 20.7 Å². The lowest BCUT2D eigenvalue weighted by atomic mass is 9.87. The Hall–Kier alpha value is -1.86. The van der Waals surface area contributed by atoms with Crippen LogP contribution in [-0.4, -0.2) is 20.3 Å². The Morgan fingerprint density at radius 2 is 1.77 bits per heavy atom. The molecule has 1 N–H and O–H groups in total. The lowest BCUT2D eigenvalue weighted by Crippen LogP contribution is -2.33. The van der Waals surface area contributed by atoms with Gasteiger partial charge in [-0.1, -0.05) is 28.1 Å². The van der Waals surface area contributed by atoms with Gasteiger partial charge in [-0.25, -0.2) is 12.8 Å². The van der Waals surface area contributed by atoms with Gasteiger partial charge in [-0.3, -0.25) is 4.72 Å². The normalized spacial score (nSPS) is 16.1. The van der Waals surface area contributed by atoms with E-state index in [-0.39, 0.29) is 5.82 Å². The first-order valence-corrected chi connectivity index (χ1v) is 10.6. The maximum Gasteiger partial charge on any atom is 0.229 e. The zero-order chi connectivity index (χ0) is 19.3. The van der Waals surface area contributed by atoms with Gasteiger partial charge in [0.25, 0.3) is 0 Å². The van der Waals surface area contributed by atoms with Crippen LogP contribution in [0.1, 0.15) is 30.5 Å². The molecule has 7 heteroatoms. The fourth-order valence-corrected chi connectivity index (χ4v) is 4.10. The third kappa shape index (κ3) is 3.64. The molecule has 0 aromatic heterocycles. The summed E-state index contributed by atoms with van der Waals surface area (Å²) >= 11 is 3.65. The van der Waals surface area contributed by atoms with Gasteiger partial charge in [0.2, 0.25) is 10.0 Å². The first-order chi connectivity index (χ1) is 12.0. The molecule has 1 heterocycles. The van der Waals surface area contributed by atoms with Crippen molar-refractivity contribution in [3.05, 3.63) is 63.4 Å². The molecular weight excluding hydrogens is 421 g/mol. The summed E-state index contributed by atoms with van der Waals surface area (Å²) in [6, 6.07) is 9.71. The number of anilines is 1. The van der Waals surface area contributed by atoms with E-state index >= 15 is 0 Å². The van der Waals surface area contributed by atoms with Crippen LogP contribution in [0.25, 0.3) is 5.57 Å². The molecule has 0 saturated heterocycles. The zero-order valence-electron chi connectivity index (χ0n) is 14.9. The number of sulfonamides is 1. The van der Waals surface area contributed by atoms with Gasteiger partial charge < -0.3 is 4.74 Å². The van der Waals surface area contributed by atoms with E-state index in [4.69, 9.17) is 4.74 Å². The Morgan fingerprint density at radius 3 is 2.35 bits per heavy atom. The van der Waals surface area contributed by atoms with Crippen LogP contribution < -0.4 is 9.46 Å². The molecule has 1 aliphatic heterocycles. The van der Waals surface area contributed by atoms with Crippen LogP contribution in [0.15, 0.2) is 40.9 Å². The van der Waals surface area contributed by atoms with Crippen LogP contribution in [0, 0.1) is 12.7 Å². The number of rotatable bonds is 3. The second kappa shape index (κ2) is 6.39. The van der Waals surface area contributed by atoms with E-state index in [1.807, 2.05) is 20.8 Å². The van der Waals surface area contributed by atoms with Gasteiger partial charge in [0, 0.05) is 21.7 Å². The van der Waals surface area contributed by atoms with Crippen molar-refractivity contribution in [3.8, 4) is 5.75 Å². The van der Waals surface area contributed by atoms with Crippen molar-refractivity contribution in [1.82, 2.24) is 0 Å². The molecule has 1 aliphatic rings. The summed E-state index contributed by atoms with van der Waals surface area (Å²) in [4.78, 5) is 0. The van der Waals surface area contributed by atoms with Gasteiger partial charge in [0.05, 0.1) is 11.9 Å². The van der Waals surface area contributed by atoms with Crippen molar-refractivity contribution in [1.29, 1.82) is 0 Å². The lowest BCUT2D eigenvalue weighted by Gasteiger charge is -2.36. The SMILES string of the molecule is Cc1cc(NS(C)(=O)=O)cc2c1C(c1ccc(F)cc1)=C(Br)C(C)(C)O2. The minimum atomic E-state index is -3.40. The molecule has 138 valence electrons. The molecule has 0 bridgehead atoms. The van der Waals surface area contributed by atoms with Crippen LogP contribution in [-0.2, 0) is 10.0 Å². The fourth-order valence-electron chi connectivity index (χ4n) is 3.05. The lowest BCUT2D eigenvalue weighted by molar-refractivity contribution is 0.155. The third-order valence-electron chi connectivity index (χ3n) is 4.10. The van der Waals surface area contributed by atoms with Crippen LogP contribution in [0.5, 0.6) is 5.75 Å². The van der Waals surface area contributed by atoms with Crippen molar-refractivity contribution in [2.45, 2.75) is 26.4 Å². The van der Waals surface area contributed by atoms with Gasteiger partial charge in [-0.2, -0.15) is 0 Å². The van der Waals surface area contributed by atoms with E-state index in [9.17, 15) is 12.8 Å². The highest BCUT2D eigenvalue weighted by atomic mass is 79.9. The molecular formula is C19H19BrFNO3S. The van der Waals surface area contributed by atoms with E-state index in [1.54, 1.807) is 24.3 Å². The molecule has 0 spiro atoms. The number of ether oxygens (including phenoxy) is 1. The highest BCUT2D eigenvalue weighted by Gasteiger charge is 2.35. The van der Waals surface area contributed by atoms with Crippen LogP contribution in [0.4, 0.5) is 10.1 Å². The number of benzene rings is 2. The predicted octanol–water partition coefficient (Wildman–Crippen LogP) is 4.83. The Kier molecular flexibility index (Phi) is 4.65. The largest absolute Gasteiger partial charge is 0.482 e. The fraction of sp³-hybridized carbons (Fsp3) is 0.263. The number of hydrogen-bond donors (Lipinski definition) is 1. The standard InChI is InChI=1S/C19H19BrFNO3S/c1-11-9-14(22-26(4,23)24)10-15-16(11)17(18(20)19(2,3)25-15)12-5-7-13(21)8-6-12/h5-10,22H,1-4H3. The average molecular weight is 440 g/mol. The Labute approximate surface area is 161 Å². The quantitative estimate of drug-likeness (QED) is 0.744. The summed E-state index contributed by atoms with van der Waals surface area (Å²) in [5, 5.41) is 0. The number of aryl methyl sites for hydroxylation is 1. The smallest absolute Gasteiger partial charge is 0.229 e. The van der Waals surface area contributed by atoms with Crippen molar-refractivity contribution in [3.63, 3.8) is 0 Å². The van der Waals surface area contributed by atoms with Gasteiger partial charge in [0.15, 0.2) is 0 Å². The number of fused-ring (bicyclic) bond motifs is 1. The minimum absolute atomic E-state index is 0.304. The second-order valence-corrected chi connectivity index (χ2v) is 9.39. The monoisotopic (exact) mass is 439 g/mol. The zero-order valence-corrected chi connectivity index (χ0v) is 17.3. The molecule has 2 aromatic carbocycles. The summed E-state index contributed by atoms with van der Waals surface area (Å²) in [5.74, 6) is 0.269. The van der Waals surface area contributed by atoms with Crippen LogP contribution in [0.2, 0.25) is 0 Å². The van der Waals surface area contributed by atoms with Crippen LogP contribution in [0.3, 0.4) is 0 Å². The van der Waals surface area contributed by atoms with Crippen molar-refractivity contribution in [2.75, 3.05) is 11.0 Å². The van der Waals surface area contributed by atoms with E-state index in [0.29, 0.717) is 11.4 Å². The van der Waals surface area contributed by atoms with Crippen LogP contribution >= 0.6 is 15.9 Å². The summed E-state index contributed by atoms with van der Waals surface area (Å²) in [6.07, 6.45) is 1.10. The first kappa shape index (κ1) is 18.9. The minimum Gasteiger partial charge on any atom is -0.482 e. The molecule has 0 atom stereocenters. The van der Waals surface area contributed by atoms with Crippen molar-refractivity contribution >= 4 is 37.2 Å². The highest BCUT2D eigenvalue weighted by molar-refractivity contribution is 9.12. The summed E-state index contributed by atoms with van der Waals surface area (Å²) in [7, 11) is -3.40. The molecule has 0 fully saturated rings. The molecule has 0 radical (unpaired) electrons. The number of hydrogen-bond acceptors (Lipinski definition) is 3. The molecule has 3 rings (SSSR count). The summed E-state index contributed by atoms with van der Waals surface area (Å²) in [6.45, 7) is 5.71. The van der Waals surface area contributed by atoms with Crippen molar-refractivity contribution in [2.24, 2.45) is 0 Å². The molecule has 2 aromatic rings.